The van der Waals surface area contributed by atoms with E-state index < -0.39 is 7.82 Å². The fourth-order valence-electron chi connectivity index (χ4n) is 2.20. The molecule has 3 rings (SSSR count). The van der Waals surface area contributed by atoms with Crippen molar-refractivity contribution in [1.29, 1.82) is 0 Å². The number of hydrogen-bond acceptors (Lipinski definition) is 5. The lowest BCUT2D eigenvalue weighted by Crippen LogP contribution is -2.10. The zero-order valence-electron chi connectivity index (χ0n) is 12.8. The number of benzene rings is 2. The van der Waals surface area contributed by atoms with E-state index in [4.69, 9.17) is 9.05 Å². The van der Waals surface area contributed by atoms with Crippen LogP contribution in [0.5, 0.6) is 5.75 Å². The predicted octanol–water partition coefficient (Wildman–Crippen LogP) is 2.93. The summed E-state index contributed by atoms with van der Waals surface area (Å²) in [4.78, 5) is 28.6. The largest absolute Gasteiger partial charge is 0.527 e. The topological polar surface area (TPSA) is 102 Å². The monoisotopic (exact) mass is 346 g/mol. The molecular formula is C16H15N2O5P. The number of aromatic amines is 1. The molecule has 24 heavy (non-hydrogen) atoms. The van der Waals surface area contributed by atoms with Gasteiger partial charge in [-0.25, -0.2) is 9.55 Å². The average molecular weight is 346 g/mol. The molecule has 124 valence electrons. The summed E-state index contributed by atoms with van der Waals surface area (Å²) in [6.45, 7) is 1.54. The highest BCUT2D eigenvalue weighted by molar-refractivity contribution is 7.47. The average Bonchev–Trinajstić information content (AvgIpc) is 2.55. The molecule has 0 aliphatic rings. The number of H-pyrrole nitrogens is 1. The summed E-state index contributed by atoms with van der Waals surface area (Å²) in [5, 5.41) is 0.265. The van der Waals surface area contributed by atoms with Crippen molar-refractivity contribution in [3.8, 4) is 5.75 Å². The van der Waals surface area contributed by atoms with E-state index in [1.54, 1.807) is 43.3 Å². The minimum atomic E-state index is -4.37. The Hall–Kier alpha value is -2.47. The third kappa shape index (κ3) is 3.71. The van der Waals surface area contributed by atoms with Gasteiger partial charge >= 0.3 is 7.82 Å². The number of aryl methyl sites for hydroxylation is 1. The Balaban J connectivity index is 1.86. The highest BCUT2D eigenvalue weighted by atomic mass is 31.2. The van der Waals surface area contributed by atoms with E-state index >= 15 is 0 Å². The second-order valence-corrected chi connectivity index (χ2v) is 6.50. The molecule has 1 atom stereocenters. The van der Waals surface area contributed by atoms with Crippen LogP contribution in [0, 0.1) is 6.92 Å². The predicted molar refractivity (Wildman–Crippen MR) is 88.8 cm³/mol. The molecule has 1 heterocycles. The van der Waals surface area contributed by atoms with Crippen LogP contribution >= 0.6 is 7.82 Å². The second-order valence-electron chi connectivity index (χ2n) is 5.12. The van der Waals surface area contributed by atoms with Crippen LogP contribution in [0.4, 0.5) is 0 Å². The van der Waals surface area contributed by atoms with E-state index in [0.29, 0.717) is 5.82 Å². The summed E-state index contributed by atoms with van der Waals surface area (Å²) in [5.74, 6) is 0.391. The lowest BCUT2D eigenvalue weighted by atomic mass is 10.2. The maximum Gasteiger partial charge on any atom is 0.527 e. The first-order chi connectivity index (χ1) is 11.4. The van der Waals surface area contributed by atoms with Crippen molar-refractivity contribution in [3.63, 3.8) is 0 Å². The Labute approximate surface area is 137 Å². The van der Waals surface area contributed by atoms with E-state index in [2.05, 4.69) is 9.97 Å². The molecule has 0 spiro atoms. The van der Waals surface area contributed by atoms with Crippen molar-refractivity contribution in [2.75, 3.05) is 0 Å². The number of rotatable bonds is 5. The molecule has 8 heteroatoms. The number of fused-ring (bicyclic) bond motifs is 1. The van der Waals surface area contributed by atoms with E-state index in [0.717, 1.165) is 5.56 Å². The van der Waals surface area contributed by atoms with Gasteiger partial charge < -0.3 is 9.51 Å². The quantitative estimate of drug-likeness (QED) is 0.689. The SMILES string of the molecule is Cc1nc2c(OP(=O)(O)OCc3ccccc3)cccc2c(=O)[nH]1. The van der Waals surface area contributed by atoms with Crippen molar-refractivity contribution >= 4 is 18.7 Å². The van der Waals surface area contributed by atoms with Crippen LogP contribution in [0.15, 0.2) is 53.3 Å². The van der Waals surface area contributed by atoms with Gasteiger partial charge in [-0.05, 0) is 24.6 Å². The molecule has 0 bridgehead atoms. The Morgan fingerprint density at radius 3 is 2.67 bits per heavy atom. The third-order valence-electron chi connectivity index (χ3n) is 3.27. The first kappa shape index (κ1) is 16.4. The maximum atomic E-state index is 12.2. The minimum Gasteiger partial charge on any atom is -0.402 e. The van der Waals surface area contributed by atoms with Crippen LogP contribution < -0.4 is 10.1 Å². The van der Waals surface area contributed by atoms with Gasteiger partial charge in [0.1, 0.15) is 11.3 Å². The Morgan fingerprint density at radius 2 is 1.92 bits per heavy atom. The van der Waals surface area contributed by atoms with Crippen LogP contribution in [-0.4, -0.2) is 14.9 Å². The summed E-state index contributed by atoms with van der Waals surface area (Å²) >= 11 is 0. The van der Waals surface area contributed by atoms with Gasteiger partial charge in [-0.3, -0.25) is 14.2 Å². The molecule has 2 aromatic carbocycles. The van der Waals surface area contributed by atoms with Crippen molar-refractivity contribution in [1.82, 2.24) is 9.97 Å². The zero-order chi connectivity index (χ0) is 17.2. The lowest BCUT2D eigenvalue weighted by Gasteiger charge is -2.14. The molecule has 0 fully saturated rings. The number of nitrogens with one attached hydrogen (secondary N) is 1. The van der Waals surface area contributed by atoms with Crippen molar-refractivity contribution in [2.45, 2.75) is 13.5 Å². The van der Waals surface area contributed by atoms with Crippen LogP contribution in [0.1, 0.15) is 11.4 Å². The summed E-state index contributed by atoms with van der Waals surface area (Å²) in [6.07, 6.45) is 0. The van der Waals surface area contributed by atoms with Crippen LogP contribution in [-0.2, 0) is 15.7 Å². The van der Waals surface area contributed by atoms with Crippen molar-refractivity contribution < 1.29 is 18.5 Å². The van der Waals surface area contributed by atoms with Crippen LogP contribution in [0.3, 0.4) is 0 Å². The summed E-state index contributed by atoms with van der Waals surface area (Å²) in [6, 6.07) is 13.5. The molecule has 1 unspecified atom stereocenters. The molecule has 0 aliphatic carbocycles. The maximum absolute atomic E-state index is 12.2. The fraction of sp³-hybridized carbons (Fsp3) is 0.125. The minimum absolute atomic E-state index is 0.0144. The van der Waals surface area contributed by atoms with Crippen LogP contribution in [0.2, 0.25) is 0 Å². The summed E-state index contributed by atoms with van der Waals surface area (Å²) < 4.78 is 22.3. The fourth-order valence-corrected chi connectivity index (χ4v) is 2.96. The Bertz CT molecular complexity index is 971. The highest BCUT2D eigenvalue weighted by Gasteiger charge is 2.24. The number of aromatic nitrogens is 2. The lowest BCUT2D eigenvalue weighted by molar-refractivity contribution is 0.196. The van der Waals surface area contributed by atoms with Crippen LogP contribution in [0.25, 0.3) is 10.9 Å². The highest BCUT2D eigenvalue weighted by Crippen LogP contribution is 2.45. The Kier molecular flexibility index (Phi) is 4.49. The normalized spacial score (nSPS) is 13.6. The molecule has 0 saturated heterocycles. The van der Waals surface area contributed by atoms with Gasteiger partial charge in [0.05, 0.1) is 12.0 Å². The number of phosphoric ester groups is 1. The van der Waals surface area contributed by atoms with E-state index in [1.165, 1.54) is 6.07 Å². The number of hydrogen-bond donors (Lipinski definition) is 2. The van der Waals surface area contributed by atoms with Gasteiger partial charge in [-0.1, -0.05) is 36.4 Å². The van der Waals surface area contributed by atoms with Gasteiger partial charge in [0.25, 0.3) is 5.56 Å². The number of para-hydroxylation sites is 1. The third-order valence-corrected chi connectivity index (χ3v) is 4.15. The summed E-state index contributed by atoms with van der Waals surface area (Å²) in [5.41, 5.74) is 0.593. The molecule has 0 amide bonds. The molecule has 0 radical (unpaired) electrons. The molecule has 0 saturated carbocycles. The first-order valence-electron chi connectivity index (χ1n) is 7.15. The van der Waals surface area contributed by atoms with Crippen molar-refractivity contribution in [3.05, 3.63) is 70.3 Å². The molecule has 7 nitrogen and oxygen atoms in total. The molecule has 3 aromatic rings. The van der Waals surface area contributed by atoms with Gasteiger partial charge in [-0.15, -0.1) is 0 Å². The van der Waals surface area contributed by atoms with E-state index in [-0.39, 0.29) is 28.8 Å². The first-order valence-corrected chi connectivity index (χ1v) is 8.65. The smallest absolute Gasteiger partial charge is 0.402 e. The zero-order valence-corrected chi connectivity index (χ0v) is 13.7. The number of nitrogens with zero attached hydrogens (tertiary/aromatic N) is 1. The van der Waals surface area contributed by atoms with E-state index in [1.807, 2.05) is 6.07 Å². The summed E-state index contributed by atoms with van der Waals surface area (Å²) in [7, 11) is -4.37. The molecule has 1 aromatic heterocycles. The van der Waals surface area contributed by atoms with Gasteiger partial charge in [0, 0.05) is 0 Å². The van der Waals surface area contributed by atoms with Gasteiger partial charge in [0.15, 0.2) is 5.75 Å². The molecule has 0 aliphatic heterocycles. The number of phosphoric acid groups is 1. The van der Waals surface area contributed by atoms with Crippen molar-refractivity contribution in [2.24, 2.45) is 0 Å². The standard InChI is InChI=1S/C16H15N2O5P/c1-11-17-15-13(16(19)18-11)8-5-9-14(15)23-24(20,21)22-10-12-6-3-2-4-7-12/h2-9H,10H2,1H3,(H,20,21)(H,17,18,19). The molecular weight excluding hydrogens is 331 g/mol. The molecule has 2 N–H and O–H groups in total. The van der Waals surface area contributed by atoms with Gasteiger partial charge in [-0.2, -0.15) is 0 Å². The van der Waals surface area contributed by atoms with Gasteiger partial charge in [0.2, 0.25) is 0 Å². The second kappa shape index (κ2) is 6.57. The Morgan fingerprint density at radius 1 is 1.17 bits per heavy atom. The van der Waals surface area contributed by atoms with E-state index in [9.17, 15) is 14.3 Å².